The number of nitrogens with one attached hydrogen (secondary N) is 2. The van der Waals surface area contributed by atoms with E-state index in [4.69, 9.17) is 16.3 Å². The van der Waals surface area contributed by atoms with Crippen molar-refractivity contribution >= 4 is 53.1 Å². The minimum absolute atomic E-state index is 0.0299. The van der Waals surface area contributed by atoms with E-state index in [9.17, 15) is 9.36 Å². The van der Waals surface area contributed by atoms with Gasteiger partial charge >= 0.3 is 0 Å². The molecule has 0 bridgehead atoms. The Morgan fingerprint density at radius 3 is 2.65 bits per heavy atom. The van der Waals surface area contributed by atoms with Crippen LogP contribution in [0.1, 0.15) is 22.3 Å². The Hall–Kier alpha value is -3.09. The van der Waals surface area contributed by atoms with Crippen molar-refractivity contribution in [2.75, 3.05) is 44.7 Å². The van der Waals surface area contributed by atoms with Crippen LogP contribution < -0.4 is 20.7 Å². The van der Waals surface area contributed by atoms with Gasteiger partial charge in [0, 0.05) is 24.5 Å². The van der Waals surface area contributed by atoms with Gasteiger partial charge in [0.2, 0.25) is 5.95 Å². The van der Waals surface area contributed by atoms with E-state index in [1.54, 1.807) is 38.5 Å². The number of ether oxygens (including phenoxy) is 1. The van der Waals surface area contributed by atoms with Crippen molar-refractivity contribution in [3.8, 4) is 5.75 Å². The molecule has 1 amide bonds. The average molecular weight is 500 g/mol. The Morgan fingerprint density at radius 2 is 1.91 bits per heavy atom. The average Bonchev–Trinajstić information content (AvgIpc) is 2.93. The zero-order valence-corrected chi connectivity index (χ0v) is 21.2. The van der Waals surface area contributed by atoms with Crippen molar-refractivity contribution in [2.45, 2.75) is 12.8 Å². The van der Waals surface area contributed by atoms with Gasteiger partial charge in [0.05, 0.1) is 24.7 Å². The second-order valence-corrected chi connectivity index (χ2v) is 12.1. The Kier molecular flexibility index (Phi) is 6.82. The normalized spacial score (nSPS) is 13.8. The molecule has 2 heterocycles. The van der Waals surface area contributed by atoms with Crippen LogP contribution in [0.15, 0.2) is 42.6 Å². The fraction of sp³-hybridized carbons (Fsp3) is 0.292. The molecule has 178 valence electrons. The van der Waals surface area contributed by atoms with Gasteiger partial charge in [0.15, 0.2) is 5.82 Å². The maximum Gasteiger partial charge on any atom is 0.253 e. The van der Waals surface area contributed by atoms with Gasteiger partial charge in [-0.15, -0.1) is 0 Å². The van der Waals surface area contributed by atoms with Crippen molar-refractivity contribution < 1.29 is 14.1 Å². The summed E-state index contributed by atoms with van der Waals surface area (Å²) in [5.41, 5.74) is 2.83. The molecule has 0 radical (unpaired) electrons. The van der Waals surface area contributed by atoms with E-state index in [1.807, 2.05) is 30.3 Å². The van der Waals surface area contributed by atoms with Crippen molar-refractivity contribution in [1.29, 1.82) is 0 Å². The van der Waals surface area contributed by atoms with E-state index < -0.39 is 7.14 Å². The smallest absolute Gasteiger partial charge is 0.253 e. The highest BCUT2D eigenvalue weighted by molar-refractivity contribution is 7.70. The molecule has 1 aromatic heterocycles. The van der Waals surface area contributed by atoms with Crippen molar-refractivity contribution in [3.05, 3.63) is 58.7 Å². The summed E-state index contributed by atoms with van der Waals surface area (Å²) in [7, 11) is 0.857. The molecule has 0 saturated heterocycles. The van der Waals surface area contributed by atoms with Crippen LogP contribution >= 0.6 is 18.7 Å². The van der Waals surface area contributed by atoms with E-state index in [0.717, 1.165) is 18.4 Å². The lowest BCUT2D eigenvalue weighted by molar-refractivity contribution is 0.0800. The number of aryl methyl sites for hydroxylation is 1. The number of hydrogen-bond donors (Lipinski definition) is 2. The van der Waals surface area contributed by atoms with Crippen LogP contribution in [0.4, 0.5) is 23.1 Å². The summed E-state index contributed by atoms with van der Waals surface area (Å²) in [6, 6.07) is 11.0. The number of methoxy groups -OCH3 is 1. The van der Waals surface area contributed by atoms with E-state index in [0.29, 0.717) is 45.4 Å². The summed E-state index contributed by atoms with van der Waals surface area (Å²) < 4.78 is 18.3. The van der Waals surface area contributed by atoms with Crippen molar-refractivity contribution in [1.82, 2.24) is 14.9 Å². The third-order valence-electron chi connectivity index (χ3n) is 5.67. The lowest BCUT2D eigenvalue weighted by atomic mass is 10.0. The number of nitrogens with zero attached hydrogens (tertiary/aromatic N) is 3. The third-order valence-corrected chi connectivity index (χ3v) is 7.50. The minimum atomic E-state index is -2.53. The predicted molar refractivity (Wildman–Crippen MR) is 137 cm³/mol. The van der Waals surface area contributed by atoms with Gasteiger partial charge in [-0.3, -0.25) is 4.79 Å². The number of para-hydroxylation sites is 1. The van der Waals surface area contributed by atoms with Gasteiger partial charge in [-0.1, -0.05) is 23.7 Å². The minimum Gasteiger partial charge on any atom is -0.495 e. The number of fused-ring (bicyclic) bond motifs is 1. The van der Waals surface area contributed by atoms with Crippen LogP contribution in [0.2, 0.25) is 5.02 Å². The lowest BCUT2D eigenvalue weighted by Gasteiger charge is -2.18. The van der Waals surface area contributed by atoms with Gasteiger partial charge in [-0.2, -0.15) is 4.98 Å². The number of carbonyl (C=O) groups excluding carboxylic acids is 1. The molecule has 8 nitrogen and oxygen atoms in total. The molecule has 2 aromatic carbocycles. The summed E-state index contributed by atoms with van der Waals surface area (Å²) in [5.74, 6) is 1.20. The van der Waals surface area contributed by atoms with Gasteiger partial charge in [-0.25, -0.2) is 4.98 Å². The van der Waals surface area contributed by atoms with Crippen LogP contribution in [0.5, 0.6) is 5.75 Å². The fourth-order valence-corrected chi connectivity index (χ4v) is 5.21. The Balaban J connectivity index is 1.68. The van der Waals surface area contributed by atoms with Crippen LogP contribution in [0.25, 0.3) is 0 Å². The first-order valence-electron chi connectivity index (χ1n) is 10.8. The van der Waals surface area contributed by atoms with E-state index in [1.165, 1.54) is 6.20 Å². The number of carbonyl (C=O) groups is 1. The van der Waals surface area contributed by atoms with Gasteiger partial charge < -0.3 is 24.8 Å². The molecule has 0 atom stereocenters. The predicted octanol–water partition coefficient (Wildman–Crippen LogP) is 4.89. The fourth-order valence-electron chi connectivity index (χ4n) is 3.92. The summed E-state index contributed by atoms with van der Waals surface area (Å²) in [6.07, 6.45) is 3.17. The first kappa shape index (κ1) is 24.0. The van der Waals surface area contributed by atoms with Gasteiger partial charge in [-0.05, 0) is 56.0 Å². The molecule has 0 aliphatic carbocycles. The Labute approximate surface area is 204 Å². The number of hydrogen-bond acceptors (Lipinski definition) is 7. The highest BCUT2D eigenvalue weighted by Crippen LogP contribution is 2.39. The molecule has 1 aliphatic rings. The number of halogens is 1. The summed E-state index contributed by atoms with van der Waals surface area (Å²) in [5, 5.41) is 7.36. The van der Waals surface area contributed by atoms with Crippen molar-refractivity contribution in [2.24, 2.45) is 0 Å². The summed E-state index contributed by atoms with van der Waals surface area (Å²) in [6.45, 7) is 4.13. The monoisotopic (exact) mass is 499 g/mol. The second kappa shape index (κ2) is 9.65. The molecule has 3 aromatic rings. The summed E-state index contributed by atoms with van der Waals surface area (Å²) >= 11 is 6.36. The molecule has 0 spiro atoms. The first-order valence-corrected chi connectivity index (χ1v) is 13.8. The van der Waals surface area contributed by atoms with Crippen LogP contribution in [-0.2, 0) is 11.0 Å². The molecule has 0 unspecified atom stereocenters. The van der Waals surface area contributed by atoms with Crippen LogP contribution in [0.3, 0.4) is 0 Å². The number of rotatable bonds is 6. The first-order chi connectivity index (χ1) is 16.2. The highest BCUT2D eigenvalue weighted by atomic mass is 35.5. The van der Waals surface area contributed by atoms with Gasteiger partial charge in [0.1, 0.15) is 17.9 Å². The number of amides is 1. The summed E-state index contributed by atoms with van der Waals surface area (Å²) in [4.78, 5) is 23.4. The molecule has 4 rings (SSSR count). The topological polar surface area (TPSA) is 96.5 Å². The molecule has 1 aliphatic heterocycles. The van der Waals surface area contributed by atoms with E-state index in [2.05, 4.69) is 20.6 Å². The zero-order chi connectivity index (χ0) is 24.5. The maximum atomic E-state index is 12.8. The number of benzene rings is 2. The number of anilines is 4. The number of aromatic nitrogens is 2. The Morgan fingerprint density at radius 1 is 1.15 bits per heavy atom. The van der Waals surface area contributed by atoms with Crippen molar-refractivity contribution in [3.63, 3.8) is 0 Å². The SMILES string of the molecule is COc1cc2c(cc1Nc1ncc(Cl)c(Nc3ccccc3P(C)(C)=O)n1)C(=O)N(C)CCC2. The second-order valence-electron chi connectivity index (χ2n) is 8.55. The molecular formula is C24H27ClN5O3P. The van der Waals surface area contributed by atoms with Crippen LogP contribution in [-0.4, -0.2) is 54.8 Å². The molecular weight excluding hydrogens is 473 g/mol. The van der Waals surface area contributed by atoms with E-state index in [-0.39, 0.29) is 11.9 Å². The molecule has 0 fully saturated rings. The molecule has 34 heavy (non-hydrogen) atoms. The van der Waals surface area contributed by atoms with Crippen LogP contribution in [0, 0.1) is 0 Å². The maximum absolute atomic E-state index is 12.8. The molecule has 10 heteroatoms. The quantitative estimate of drug-likeness (QED) is 0.466. The standard InChI is InChI=1S/C24H27ClN5O3P/c1-30-11-7-8-15-12-20(33-2)19(13-16(15)23(30)31)28-24-26-14-17(25)22(29-24)27-18-9-5-6-10-21(18)34(3,4)32/h5-6,9-10,12-14H,7-8,11H2,1-4H3,(H2,26,27,28,29). The third kappa shape index (κ3) is 5.03. The largest absolute Gasteiger partial charge is 0.495 e. The highest BCUT2D eigenvalue weighted by Gasteiger charge is 2.23. The zero-order valence-electron chi connectivity index (χ0n) is 19.6. The molecule has 2 N–H and O–H groups in total. The Bertz CT molecular complexity index is 1290. The van der Waals surface area contributed by atoms with Gasteiger partial charge in [0.25, 0.3) is 5.91 Å². The lowest BCUT2D eigenvalue weighted by Crippen LogP contribution is -2.26. The molecule has 0 saturated carbocycles. The van der Waals surface area contributed by atoms with E-state index >= 15 is 0 Å².